The maximum Gasteiger partial charge on any atom is 0.263 e. The van der Waals surface area contributed by atoms with Gasteiger partial charge in [0.05, 0.1) is 24.3 Å². The van der Waals surface area contributed by atoms with E-state index < -0.39 is 0 Å². The maximum absolute atomic E-state index is 12.6. The van der Waals surface area contributed by atoms with E-state index in [4.69, 9.17) is 0 Å². The summed E-state index contributed by atoms with van der Waals surface area (Å²) in [4.78, 5) is 17.3. The van der Waals surface area contributed by atoms with Gasteiger partial charge < -0.3 is 5.32 Å². The summed E-state index contributed by atoms with van der Waals surface area (Å²) in [6, 6.07) is 1.65. The SMILES string of the molecule is C=NCC1(n2cc(C(NC(=O)c3ccns3)C3CCCCC3)nn2)CC1. The van der Waals surface area contributed by atoms with Crippen LogP contribution in [-0.4, -0.2) is 38.5 Å². The van der Waals surface area contributed by atoms with Crippen LogP contribution >= 0.6 is 11.5 Å². The third-order valence-corrected chi connectivity index (χ3v) is 6.36. The molecule has 7 nitrogen and oxygen atoms in total. The average molecular weight is 372 g/mol. The number of aliphatic imine (C=N–C) groups is 1. The molecule has 2 fully saturated rings. The predicted molar refractivity (Wildman–Crippen MR) is 101 cm³/mol. The van der Waals surface area contributed by atoms with E-state index in [1.165, 1.54) is 30.8 Å². The van der Waals surface area contributed by atoms with Crippen molar-refractivity contribution in [3.05, 3.63) is 29.0 Å². The van der Waals surface area contributed by atoms with E-state index in [9.17, 15) is 4.79 Å². The summed E-state index contributed by atoms with van der Waals surface area (Å²) >= 11 is 1.22. The Morgan fingerprint density at radius 2 is 2.23 bits per heavy atom. The van der Waals surface area contributed by atoms with Gasteiger partial charge in [-0.25, -0.2) is 9.06 Å². The second-order valence-electron chi connectivity index (χ2n) is 7.42. The number of carbonyl (C=O) groups excluding carboxylic acids is 1. The number of hydrogen-bond acceptors (Lipinski definition) is 6. The monoisotopic (exact) mass is 372 g/mol. The van der Waals surface area contributed by atoms with Crippen LogP contribution in [0.25, 0.3) is 0 Å². The quantitative estimate of drug-likeness (QED) is 0.757. The van der Waals surface area contributed by atoms with E-state index in [-0.39, 0.29) is 17.5 Å². The minimum absolute atomic E-state index is 0.0498. The number of aromatic nitrogens is 4. The first-order valence-corrected chi connectivity index (χ1v) is 10.1. The highest BCUT2D eigenvalue weighted by molar-refractivity contribution is 7.08. The van der Waals surface area contributed by atoms with Crippen molar-refractivity contribution in [2.24, 2.45) is 10.9 Å². The summed E-state index contributed by atoms with van der Waals surface area (Å²) in [5.41, 5.74) is 0.802. The molecule has 0 spiro atoms. The molecule has 2 aromatic heterocycles. The molecule has 2 saturated carbocycles. The molecule has 0 bridgehead atoms. The van der Waals surface area contributed by atoms with Crippen molar-refractivity contribution in [1.82, 2.24) is 24.7 Å². The van der Waals surface area contributed by atoms with Crippen LogP contribution in [0, 0.1) is 5.92 Å². The molecule has 0 radical (unpaired) electrons. The molecule has 26 heavy (non-hydrogen) atoms. The number of nitrogens with one attached hydrogen (secondary N) is 1. The molecule has 0 saturated heterocycles. The second-order valence-corrected chi connectivity index (χ2v) is 8.25. The molecule has 0 aliphatic heterocycles. The van der Waals surface area contributed by atoms with Crippen molar-refractivity contribution < 1.29 is 4.79 Å². The van der Waals surface area contributed by atoms with Crippen LogP contribution in [0.15, 0.2) is 23.5 Å². The van der Waals surface area contributed by atoms with Crippen molar-refractivity contribution in [2.45, 2.75) is 56.5 Å². The summed E-state index contributed by atoms with van der Waals surface area (Å²) in [7, 11) is 0. The Hall–Kier alpha value is -2.09. The van der Waals surface area contributed by atoms with Crippen LogP contribution in [0.4, 0.5) is 0 Å². The number of amides is 1. The standard InChI is InChI=1S/C18H24N6OS/c1-19-12-18(8-9-18)24-11-14(22-23-24)16(13-5-3-2-4-6-13)21-17(25)15-7-10-20-26-15/h7,10-11,13,16H,1-6,8-9,12H2,(H,21,25). The van der Waals surface area contributed by atoms with Gasteiger partial charge in [-0.15, -0.1) is 5.10 Å². The lowest BCUT2D eigenvalue weighted by Crippen LogP contribution is -2.34. The second kappa shape index (κ2) is 7.26. The molecule has 138 valence electrons. The molecule has 8 heteroatoms. The Labute approximate surface area is 157 Å². The van der Waals surface area contributed by atoms with Crippen LogP contribution in [0.5, 0.6) is 0 Å². The van der Waals surface area contributed by atoms with Crippen LogP contribution in [0.1, 0.15) is 66.4 Å². The Morgan fingerprint density at radius 3 is 2.88 bits per heavy atom. The fourth-order valence-electron chi connectivity index (χ4n) is 3.91. The van der Waals surface area contributed by atoms with Crippen LogP contribution in [0.2, 0.25) is 0 Å². The Kier molecular flexibility index (Phi) is 4.84. The van der Waals surface area contributed by atoms with E-state index in [1.54, 1.807) is 12.3 Å². The molecule has 2 aliphatic carbocycles. The van der Waals surface area contributed by atoms with Crippen LogP contribution < -0.4 is 5.32 Å². The lowest BCUT2D eigenvalue weighted by atomic mass is 9.82. The first-order valence-electron chi connectivity index (χ1n) is 9.29. The van der Waals surface area contributed by atoms with Gasteiger partial charge >= 0.3 is 0 Å². The van der Waals surface area contributed by atoms with E-state index in [2.05, 4.69) is 31.7 Å². The first-order chi connectivity index (χ1) is 12.7. The van der Waals surface area contributed by atoms with Gasteiger partial charge in [-0.3, -0.25) is 9.79 Å². The average Bonchev–Trinajstić information content (AvgIpc) is 3.08. The molecule has 1 amide bonds. The third kappa shape index (κ3) is 3.42. The Balaban J connectivity index is 1.57. The molecule has 1 unspecified atom stereocenters. The molecular formula is C18H24N6OS. The fraction of sp³-hybridized carbons (Fsp3) is 0.611. The molecule has 1 atom stereocenters. The maximum atomic E-state index is 12.6. The summed E-state index contributed by atoms with van der Waals surface area (Å²) in [6.07, 6.45) is 11.7. The summed E-state index contributed by atoms with van der Waals surface area (Å²) in [5, 5.41) is 12.0. The highest BCUT2D eigenvalue weighted by Gasteiger charge is 2.46. The van der Waals surface area contributed by atoms with Crippen LogP contribution in [-0.2, 0) is 5.54 Å². The topological polar surface area (TPSA) is 85.1 Å². The largest absolute Gasteiger partial charge is 0.342 e. The van der Waals surface area contributed by atoms with Gasteiger partial charge in [-0.1, -0.05) is 24.5 Å². The zero-order valence-electron chi connectivity index (χ0n) is 14.8. The predicted octanol–water partition coefficient (Wildman–Crippen LogP) is 2.98. The minimum Gasteiger partial charge on any atom is -0.342 e. The fourth-order valence-corrected chi connectivity index (χ4v) is 4.41. The summed E-state index contributed by atoms with van der Waals surface area (Å²) < 4.78 is 5.97. The number of hydrogen-bond donors (Lipinski definition) is 1. The van der Waals surface area contributed by atoms with Gasteiger partial charge in [0.2, 0.25) is 0 Å². The van der Waals surface area contributed by atoms with Gasteiger partial charge in [0.25, 0.3) is 5.91 Å². The van der Waals surface area contributed by atoms with E-state index >= 15 is 0 Å². The normalized spacial score (nSPS) is 20.5. The van der Waals surface area contributed by atoms with Gasteiger partial charge in [-0.2, -0.15) is 0 Å². The van der Waals surface area contributed by atoms with E-state index in [0.29, 0.717) is 17.3 Å². The molecule has 1 N–H and O–H groups in total. The van der Waals surface area contributed by atoms with Crippen molar-refractivity contribution in [1.29, 1.82) is 0 Å². The molecule has 2 aromatic rings. The van der Waals surface area contributed by atoms with Crippen molar-refractivity contribution in [3.8, 4) is 0 Å². The molecule has 4 rings (SSSR count). The minimum atomic E-state index is -0.105. The van der Waals surface area contributed by atoms with Crippen molar-refractivity contribution in [2.75, 3.05) is 6.54 Å². The number of carbonyl (C=O) groups is 1. The number of rotatable bonds is 7. The number of nitrogens with zero attached hydrogens (tertiary/aromatic N) is 5. The zero-order valence-corrected chi connectivity index (χ0v) is 15.6. The highest BCUT2D eigenvalue weighted by atomic mass is 32.1. The van der Waals surface area contributed by atoms with E-state index in [1.807, 2.05) is 10.9 Å². The van der Waals surface area contributed by atoms with Crippen molar-refractivity contribution in [3.63, 3.8) is 0 Å². The Morgan fingerprint density at radius 1 is 1.42 bits per heavy atom. The Bertz CT molecular complexity index is 761. The molecule has 0 aromatic carbocycles. The van der Waals surface area contributed by atoms with Gasteiger partial charge in [0.15, 0.2) is 0 Å². The zero-order chi connectivity index (χ0) is 18.0. The smallest absolute Gasteiger partial charge is 0.263 e. The molecular weight excluding hydrogens is 348 g/mol. The van der Waals surface area contributed by atoms with Gasteiger partial charge in [0.1, 0.15) is 10.6 Å². The summed E-state index contributed by atoms with van der Waals surface area (Å²) in [6.45, 7) is 4.29. The van der Waals surface area contributed by atoms with E-state index in [0.717, 1.165) is 31.4 Å². The lowest BCUT2D eigenvalue weighted by Gasteiger charge is -2.29. The first kappa shape index (κ1) is 17.3. The lowest BCUT2D eigenvalue weighted by molar-refractivity contribution is 0.0915. The summed E-state index contributed by atoms with van der Waals surface area (Å²) in [5.74, 6) is 0.324. The molecule has 2 aliphatic rings. The van der Waals surface area contributed by atoms with Gasteiger partial charge in [0, 0.05) is 6.20 Å². The van der Waals surface area contributed by atoms with Gasteiger partial charge in [-0.05, 0) is 55.9 Å². The van der Waals surface area contributed by atoms with Crippen LogP contribution in [0.3, 0.4) is 0 Å². The molecule has 2 heterocycles. The highest BCUT2D eigenvalue weighted by Crippen LogP contribution is 2.43. The third-order valence-electron chi connectivity index (χ3n) is 5.62. The van der Waals surface area contributed by atoms with Crippen molar-refractivity contribution >= 4 is 24.2 Å².